The van der Waals surface area contributed by atoms with E-state index in [0.717, 1.165) is 19.4 Å². The maximum Gasteiger partial charge on any atom is 0.0876 e. The van der Waals surface area contributed by atoms with Gasteiger partial charge in [0.05, 0.1) is 19.5 Å². The van der Waals surface area contributed by atoms with Gasteiger partial charge in [-0.05, 0) is 18.4 Å². The quantitative estimate of drug-likeness (QED) is 0.625. The van der Waals surface area contributed by atoms with E-state index in [1.54, 1.807) is 12.3 Å². The van der Waals surface area contributed by atoms with Crippen LogP contribution in [0.2, 0.25) is 0 Å². The maximum absolute atomic E-state index is 8.44. The van der Waals surface area contributed by atoms with Gasteiger partial charge in [0.2, 0.25) is 0 Å². The van der Waals surface area contributed by atoms with Crippen molar-refractivity contribution in [3.8, 4) is 0 Å². The van der Waals surface area contributed by atoms with Gasteiger partial charge in [-0.2, -0.15) is 0 Å². The van der Waals surface area contributed by atoms with Crippen molar-refractivity contribution < 1.29 is 9.84 Å². The van der Waals surface area contributed by atoms with Gasteiger partial charge in [-0.1, -0.05) is 12.2 Å². The van der Waals surface area contributed by atoms with Gasteiger partial charge >= 0.3 is 0 Å². The Morgan fingerprint density at radius 3 is 3.20 bits per heavy atom. The van der Waals surface area contributed by atoms with Gasteiger partial charge in [0.1, 0.15) is 0 Å². The zero-order chi connectivity index (χ0) is 7.23. The van der Waals surface area contributed by atoms with Gasteiger partial charge < -0.3 is 9.84 Å². The highest BCUT2D eigenvalue weighted by Gasteiger charge is 1.98. The smallest absolute Gasteiger partial charge is 0.0876 e. The first-order chi connectivity index (χ1) is 4.93. The van der Waals surface area contributed by atoms with Crippen molar-refractivity contribution in [1.82, 2.24) is 0 Å². The Bertz CT molecular complexity index is 147. The highest BCUT2D eigenvalue weighted by molar-refractivity contribution is 5.17. The lowest BCUT2D eigenvalue weighted by Gasteiger charge is -2.09. The van der Waals surface area contributed by atoms with Gasteiger partial charge in [0.25, 0.3) is 0 Å². The highest BCUT2D eigenvalue weighted by Crippen LogP contribution is 2.11. The van der Waals surface area contributed by atoms with Crippen molar-refractivity contribution in [3.05, 3.63) is 24.0 Å². The fraction of sp³-hybridized carbons (Fsp3) is 0.500. The number of aliphatic hydroxyl groups excluding tert-OH is 1. The molecule has 2 nitrogen and oxygen atoms in total. The van der Waals surface area contributed by atoms with E-state index in [9.17, 15) is 0 Å². The molecule has 0 bridgehead atoms. The van der Waals surface area contributed by atoms with E-state index in [4.69, 9.17) is 9.84 Å². The van der Waals surface area contributed by atoms with Crippen molar-refractivity contribution in [2.24, 2.45) is 0 Å². The van der Waals surface area contributed by atoms with Crippen molar-refractivity contribution in [2.45, 2.75) is 12.8 Å². The third kappa shape index (κ3) is 2.23. The monoisotopic (exact) mass is 140 g/mol. The Labute approximate surface area is 60.8 Å². The Hall–Kier alpha value is -0.760. The Balaban J connectivity index is 2.38. The number of rotatable bonds is 2. The standard InChI is InChI=1S/C8H12O2/c9-5-1-3-8-4-2-6-10-7-8/h1,3,7,9H,2,4-6H2/b3-1+. The summed E-state index contributed by atoms with van der Waals surface area (Å²) in [5.74, 6) is 0. The van der Waals surface area contributed by atoms with E-state index >= 15 is 0 Å². The van der Waals surface area contributed by atoms with Crippen molar-refractivity contribution >= 4 is 0 Å². The molecule has 0 atom stereocenters. The summed E-state index contributed by atoms with van der Waals surface area (Å²) < 4.78 is 5.08. The van der Waals surface area contributed by atoms with Crippen LogP contribution in [-0.2, 0) is 4.74 Å². The lowest BCUT2D eigenvalue weighted by molar-refractivity contribution is 0.227. The molecule has 1 aliphatic rings. The molecule has 0 spiro atoms. The zero-order valence-corrected chi connectivity index (χ0v) is 5.92. The molecule has 1 N–H and O–H groups in total. The van der Waals surface area contributed by atoms with Gasteiger partial charge in [-0.15, -0.1) is 0 Å². The lowest BCUT2D eigenvalue weighted by Crippen LogP contribution is -1.96. The van der Waals surface area contributed by atoms with Gasteiger partial charge in [0.15, 0.2) is 0 Å². The molecule has 0 saturated carbocycles. The molecule has 0 fully saturated rings. The molecule has 0 saturated heterocycles. The third-order valence-electron chi connectivity index (χ3n) is 1.40. The van der Waals surface area contributed by atoms with E-state index in [0.29, 0.717) is 0 Å². The lowest BCUT2D eigenvalue weighted by atomic mass is 10.1. The minimum Gasteiger partial charge on any atom is -0.501 e. The summed E-state index contributed by atoms with van der Waals surface area (Å²) >= 11 is 0. The van der Waals surface area contributed by atoms with Crippen molar-refractivity contribution in [1.29, 1.82) is 0 Å². The summed E-state index contributed by atoms with van der Waals surface area (Å²) in [6.07, 6.45) is 7.54. The largest absolute Gasteiger partial charge is 0.501 e. The van der Waals surface area contributed by atoms with E-state index in [1.807, 2.05) is 6.08 Å². The molecule has 56 valence electrons. The first-order valence-corrected chi connectivity index (χ1v) is 3.51. The van der Waals surface area contributed by atoms with Crippen LogP contribution in [0.25, 0.3) is 0 Å². The third-order valence-corrected chi connectivity index (χ3v) is 1.40. The highest BCUT2D eigenvalue weighted by atomic mass is 16.5. The molecule has 0 aliphatic carbocycles. The van der Waals surface area contributed by atoms with E-state index in [1.165, 1.54) is 5.57 Å². The molecule has 10 heavy (non-hydrogen) atoms. The molecule has 0 aromatic carbocycles. The Morgan fingerprint density at radius 1 is 1.70 bits per heavy atom. The second kappa shape index (κ2) is 4.12. The van der Waals surface area contributed by atoms with Crippen LogP contribution in [0.1, 0.15) is 12.8 Å². The molecule has 0 unspecified atom stereocenters. The SMILES string of the molecule is OC/C=C/C1=COCCC1. The summed E-state index contributed by atoms with van der Waals surface area (Å²) in [6.45, 7) is 0.938. The van der Waals surface area contributed by atoms with E-state index in [-0.39, 0.29) is 6.61 Å². The molecule has 1 heterocycles. The van der Waals surface area contributed by atoms with Crippen LogP contribution < -0.4 is 0 Å². The minimum atomic E-state index is 0.108. The fourth-order valence-electron chi connectivity index (χ4n) is 0.911. The topological polar surface area (TPSA) is 29.5 Å². The second-order valence-corrected chi connectivity index (χ2v) is 2.25. The molecule has 1 aliphatic heterocycles. The van der Waals surface area contributed by atoms with Crippen LogP contribution in [0.4, 0.5) is 0 Å². The average molecular weight is 140 g/mol. The van der Waals surface area contributed by atoms with E-state index in [2.05, 4.69) is 0 Å². The normalized spacial score (nSPS) is 18.7. The molecule has 2 heteroatoms. The fourth-order valence-corrected chi connectivity index (χ4v) is 0.911. The summed E-state index contributed by atoms with van der Waals surface area (Å²) in [7, 11) is 0. The van der Waals surface area contributed by atoms with Crippen LogP contribution in [0.15, 0.2) is 24.0 Å². The average Bonchev–Trinajstić information content (AvgIpc) is 2.03. The second-order valence-electron chi connectivity index (χ2n) is 2.25. The molecule has 0 amide bonds. The van der Waals surface area contributed by atoms with Crippen LogP contribution in [0, 0.1) is 0 Å². The van der Waals surface area contributed by atoms with Crippen LogP contribution >= 0.6 is 0 Å². The summed E-state index contributed by atoms with van der Waals surface area (Å²) in [4.78, 5) is 0. The van der Waals surface area contributed by atoms with Gasteiger partial charge in [0, 0.05) is 0 Å². The summed E-state index contributed by atoms with van der Waals surface area (Å²) in [6, 6.07) is 0. The Morgan fingerprint density at radius 2 is 2.60 bits per heavy atom. The first kappa shape index (κ1) is 7.35. The zero-order valence-electron chi connectivity index (χ0n) is 5.92. The van der Waals surface area contributed by atoms with Gasteiger partial charge in [-0.25, -0.2) is 0 Å². The number of aliphatic hydroxyl groups is 1. The number of hydrogen-bond acceptors (Lipinski definition) is 2. The molecule has 0 radical (unpaired) electrons. The predicted molar refractivity (Wildman–Crippen MR) is 39.5 cm³/mol. The summed E-state index contributed by atoms with van der Waals surface area (Å²) in [5, 5.41) is 8.44. The molecular weight excluding hydrogens is 128 g/mol. The molecule has 0 aromatic heterocycles. The maximum atomic E-state index is 8.44. The summed E-state index contributed by atoms with van der Waals surface area (Å²) in [5.41, 5.74) is 1.17. The van der Waals surface area contributed by atoms with Crippen LogP contribution in [-0.4, -0.2) is 18.3 Å². The predicted octanol–water partition coefficient (Wildman–Crippen LogP) is 1.23. The van der Waals surface area contributed by atoms with Crippen LogP contribution in [0.3, 0.4) is 0 Å². The Kier molecular flexibility index (Phi) is 3.03. The first-order valence-electron chi connectivity index (χ1n) is 3.51. The van der Waals surface area contributed by atoms with Gasteiger partial charge in [-0.3, -0.25) is 0 Å². The number of hydrogen-bond donors (Lipinski definition) is 1. The van der Waals surface area contributed by atoms with Crippen LogP contribution in [0.5, 0.6) is 0 Å². The van der Waals surface area contributed by atoms with Crippen molar-refractivity contribution in [2.75, 3.05) is 13.2 Å². The van der Waals surface area contributed by atoms with E-state index < -0.39 is 0 Å². The molecular formula is C8H12O2. The number of ether oxygens (including phenoxy) is 1. The number of allylic oxidation sites excluding steroid dienone is 2. The minimum absolute atomic E-state index is 0.108. The molecule has 0 aromatic rings. The molecule has 1 rings (SSSR count). The van der Waals surface area contributed by atoms with Crippen molar-refractivity contribution in [3.63, 3.8) is 0 Å².